The van der Waals surface area contributed by atoms with E-state index in [-0.39, 0.29) is 27.1 Å². The number of benzene rings is 3. The summed E-state index contributed by atoms with van der Waals surface area (Å²) in [5, 5.41) is 0. The summed E-state index contributed by atoms with van der Waals surface area (Å²) in [7, 11) is -4.13. The third-order valence-corrected chi connectivity index (χ3v) is 7.91. The van der Waals surface area contributed by atoms with Gasteiger partial charge in [-0.1, -0.05) is 72.3 Å². The Balaban J connectivity index is 1.85. The highest BCUT2D eigenvalue weighted by Crippen LogP contribution is 2.61. The van der Waals surface area contributed by atoms with Crippen LogP contribution >= 0.6 is 0 Å². The van der Waals surface area contributed by atoms with Gasteiger partial charge in [0.15, 0.2) is 5.78 Å². The number of nitrogens with one attached hydrogen (secondary N) is 1. The molecule has 1 aliphatic carbocycles. The molecule has 2 aliphatic rings. The van der Waals surface area contributed by atoms with Crippen LogP contribution in [0.25, 0.3) is 0 Å². The molecule has 1 spiro atoms. The molecule has 3 aromatic rings. The predicted octanol–water partition coefficient (Wildman–Crippen LogP) is 4.69. The van der Waals surface area contributed by atoms with E-state index in [1.165, 1.54) is 48.5 Å². The summed E-state index contributed by atoms with van der Waals surface area (Å²) in [4.78, 5) is 13.6. The molecule has 3 aromatic carbocycles. The van der Waals surface area contributed by atoms with Crippen molar-refractivity contribution < 1.29 is 26.4 Å². The van der Waals surface area contributed by atoms with Crippen LogP contribution in [0, 0.1) is 12.8 Å². The Labute approximate surface area is 183 Å². The van der Waals surface area contributed by atoms with E-state index in [1.54, 1.807) is 31.2 Å². The minimum atomic E-state index is -4.77. The zero-order valence-electron chi connectivity index (χ0n) is 16.8. The lowest BCUT2D eigenvalue weighted by Gasteiger charge is -2.34. The number of carbonyl (C=O) groups excluding carboxylic acids is 1. The smallest absolute Gasteiger partial charge is 0.294 e. The number of sulfonamides is 1. The molecule has 5 rings (SSSR count). The first-order chi connectivity index (χ1) is 15.1. The van der Waals surface area contributed by atoms with Gasteiger partial charge >= 0.3 is 6.18 Å². The van der Waals surface area contributed by atoms with Gasteiger partial charge in [0, 0.05) is 5.56 Å². The number of halogens is 3. The van der Waals surface area contributed by atoms with Crippen molar-refractivity contribution in [2.45, 2.75) is 29.5 Å². The Hall–Kier alpha value is -2.97. The van der Waals surface area contributed by atoms with Crippen LogP contribution < -0.4 is 4.72 Å². The summed E-state index contributed by atoms with van der Waals surface area (Å²) in [6.07, 6.45) is -4.77. The van der Waals surface area contributed by atoms with Crippen LogP contribution in [0.2, 0.25) is 0 Å². The fourth-order valence-electron chi connectivity index (χ4n) is 5.11. The highest BCUT2D eigenvalue weighted by Gasteiger charge is 2.67. The molecule has 4 nitrogen and oxygen atoms in total. The lowest BCUT2D eigenvalue weighted by Crippen LogP contribution is -2.49. The molecule has 164 valence electrons. The standard InChI is InChI=1S/C24H18F3NO3S/c1-14-10-12-15(13-11-14)22(29)21-20(24(25,26)27)16-6-2-3-7-17(16)23(21)18-8-4-5-9-19(18)32(30,31)28-23/h2-13,20-21,28H,1H3/t20-,21-,23+/m1/s1. The van der Waals surface area contributed by atoms with Crippen molar-refractivity contribution >= 4 is 15.8 Å². The van der Waals surface area contributed by atoms with Crippen molar-refractivity contribution in [3.63, 3.8) is 0 Å². The van der Waals surface area contributed by atoms with E-state index in [1.807, 2.05) is 0 Å². The Bertz CT molecular complexity index is 1350. The van der Waals surface area contributed by atoms with Crippen LogP contribution in [-0.4, -0.2) is 20.4 Å². The van der Waals surface area contributed by atoms with Crippen LogP contribution in [-0.2, 0) is 15.6 Å². The van der Waals surface area contributed by atoms with Gasteiger partial charge in [-0.25, -0.2) is 8.42 Å². The van der Waals surface area contributed by atoms with Crippen molar-refractivity contribution in [2.24, 2.45) is 5.92 Å². The third-order valence-electron chi connectivity index (χ3n) is 6.39. The molecule has 0 fully saturated rings. The van der Waals surface area contributed by atoms with E-state index in [9.17, 15) is 26.4 Å². The van der Waals surface area contributed by atoms with Gasteiger partial charge < -0.3 is 0 Å². The molecule has 0 unspecified atom stereocenters. The van der Waals surface area contributed by atoms with Gasteiger partial charge in [0.1, 0.15) is 0 Å². The third kappa shape index (κ3) is 2.79. The van der Waals surface area contributed by atoms with Crippen molar-refractivity contribution in [3.8, 4) is 0 Å². The van der Waals surface area contributed by atoms with Crippen LogP contribution in [0.5, 0.6) is 0 Å². The second kappa shape index (κ2) is 6.76. The Morgan fingerprint density at radius 1 is 0.906 bits per heavy atom. The molecule has 1 heterocycles. The molecule has 0 radical (unpaired) electrons. The molecular formula is C24H18F3NO3S. The maximum atomic E-state index is 14.5. The highest BCUT2D eigenvalue weighted by molar-refractivity contribution is 7.90. The largest absolute Gasteiger partial charge is 0.396 e. The SMILES string of the molecule is Cc1ccc(C(=O)[C@H]2[C@H](C(F)(F)F)c3ccccc3[C@@]23NS(=O)(=O)c2ccccc23)cc1. The summed E-state index contributed by atoms with van der Waals surface area (Å²) in [5.74, 6) is -4.66. The van der Waals surface area contributed by atoms with Crippen LogP contribution in [0.15, 0.2) is 77.7 Å². The van der Waals surface area contributed by atoms with Gasteiger partial charge in [-0.2, -0.15) is 17.9 Å². The first-order valence-electron chi connectivity index (χ1n) is 9.98. The molecule has 1 aliphatic heterocycles. The normalized spacial score (nSPS) is 25.5. The van der Waals surface area contributed by atoms with Crippen molar-refractivity contribution in [1.29, 1.82) is 0 Å². The van der Waals surface area contributed by atoms with Crippen molar-refractivity contribution in [3.05, 3.63) is 101 Å². The molecule has 0 amide bonds. The highest BCUT2D eigenvalue weighted by atomic mass is 32.2. The quantitative estimate of drug-likeness (QED) is 0.568. The van der Waals surface area contributed by atoms with Gasteiger partial charge in [0.25, 0.3) is 0 Å². The summed E-state index contributed by atoms with van der Waals surface area (Å²) < 4.78 is 72.1. The van der Waals surface area contributed by atoms with Gasteiger partial charge in [-0.05, 0) is 29.7 Å². The molecule has 0 saturated heterocycles. The maximum absolute atomic E-state index is 14.5. The lowest BCUT2D eigenvalue weighted by atomic mass is 9.72. The minimum Gasteiger partial charge on any atom is -0.294 e. The fraction of sp³-hybridized carbons (Fsp3) is 0.208. The topological polar surface area (TPSA) is 63.2 Å². The van der Waals surface area contributed by atoms with Gasteiger partial charge in [0.05, 0.1) is 22.3 Å². The molecule has 0 saturated carbocycles. The number of aryl methyl sites for hydroxylation is 1. The van der Waals surface area contributed by atoms with Crippen LogP contribution in [0.4, 0.5) is 13.2 Å². The van der Waals surface area contributed by atoms with E-state index < -0.39 is 39.4 Å². The molecular weight excluding hydrogens is 439 g/mol. The second-order valence-electron chi connectivity index (χ2n) is 8.22. The molecule has 8 heteroatoms. The van der Waals surface area contributed by atoms with Crippen molar-refractivity contribution in [2.75, 3.05) is 0 Å². The Morgan fingerprint density at radius 3 is 2.16 bits per heavy atom. The monoisotopic (exact) mass is 457 g/mol. The summed E-state index contributed by atoms with van der Waals surface area (Å²) in [5.41, 5.74) is -0.680. The van der Waals surface area contributed by atoms with Gasteiger partial charge in [-0.3, -0.25) is 4.79 Å². The lowest BCUT2D eigenvalue weighted by molar-refractivity contribution is -0.159. The van der Waals surface area contributed by atoms with E-state index in [0.29, 0.717) is 0 Å². The first kappa shape index (κ1) is 20.9. The minimum absolute atomic E-state index is 0.0927. The second-order valence-corrected chi connectivity index (χ2v) is 9.87. The van der Waals surface area contributed by atoms with Crippen LogP contribution in [0.1, 0.15) is 38.5 Å². The zero-order valence-corrected chi connectivity index (χ0v) is 17.7. The van der Waals surface area contributed by atoms with Crippen molar-refractivity contribution in [1.82, 2.24) is 4.72 Å². The number of hydrogen-bond acceptors (Lipinski definition) is 3. The molecule has 32 heavy (non-hydrogen) atoms. The molecule has 0 bridgehead atoms. The maximum Gasteiger partial charge on any atom is 0.396 e. The number of carbonyl (C=O) groups is 1. The summed E-state index contributed by atoms with van der Waals surface area (Å²) in [6.45, 7) is 1.81. The van der Waals surface area contributed by atoms with E-state index in [2.05, 4.69) is 4.72 Å². The van der Waals surface area contributed by atoms with Crippen LogP contribution in [0.3, 0.4) is 0 Å². The van der Waals surface area contributed by atoms with Gasteiger partial charge in [-0.15, -0.1) is 0 Å². The zero-order chi connectivity index (χ0) is 22.9. The molecule has 1 N–H and O–H groups in total. The number of hydrogen-bond donors (Lipinski definition) is 1. The predicted molar refractivity (Wildman–Crippen MR) is 112 cm³/mol. The average molecular weight is 457 g/mol. The number of rotatable bonds is 2. The number of Topliss-reactive ketones (excluding diaryl/α,β-unsaturated/α-hetero) is 1. The number of ketones is 1. The average Bonchev–Trinajstić information content (AvgIpc) is 3.17. The van der Waals surface area contributed by atoms with E-state index in [4.69, 9.17) is 0 Å². The Kier molecular flexibility index (Phi) is 4.42. The molecule has 0 aromatic heterocycles. The van der Waals surface area contributed by atoms with E-state index >= 15 is 0 Å². The number of alkyl halides is 3. The van der Waals surface area contributed by atoms with E-state index in [0.717, 1.165) is 5.56 Å². The molecule has 3 atom stereocenters. The fourth-order valence-corrected chi connectivity index (χ4v) is 6.77. The van der Waals surface area contributed by atoms with Gasteiger partial charge in [0.2, 0.25) is 10.0 Å². The summed E-state index contributed by atoms with van der Waals surface area (Å²) in [6, 6.07) is 18.0. The Morgan fingerprint density at radius 2 is 1.50 bits per heavy atom. The first-order valence-corrected chi connectivity index (χ1v) is 11.5. The number of fused-ring (bicyclic) bond motifs is 4. The summed E-state index contributed by atoms with van der Waals surface area (Å²) >= 11 is 0.